The lowest BCUT2D eigenvalue weighted by Crippen LogP contribution is -2.33. The zero-order valence-electron chi connectivity index (χ0n) is 10.2. The van der Waals surface area contributed by atoms with E-state index >= 15 is 0 Å². The predicted molar refractivity (Wildman–Crippen MR) is 77.2 cm³/mol. The zero-order chi connectivity index (χ0) is 13.7. The maximum atomic E-state index is 11.5. The van der Waals surface area contributed by atoms with Crippen molar-refractivity contribution in [2.75, 3.05) is 0 Å². The number of amides is 1. The van der Waals surface area contributed by atoms with Crippen LogP contribution in [0.5, 0.6) is 0 Å². The molecule has 1 amide bonds. The summed E-state index contributed by atoms with van der Waals surface area (Å²) in [5, 5.41) is 3.12. The Morgan fingerprint density at radius 2 is 2.00 bits per heavy atom. The summed E-state index contributed by atoms with van der Waals surface area (Å²) < 4.78 is 0.863. The van der Waals surface area contributed by atoms with Crippen molar-refractivity contribution in [1.82, 2.24) is 10.3 Å². The van der Waals surface area contributed by atoms with Crippen LogP contribution in [0.15, 0.2) is 53.1 Å². The number of carbonyl (C=O) groups is 1. The van der Waals surface area contributed by atoms with Crippen LogP contribution in [0.25, 0.3) is 0 Å². The highest BCUT2D eigenvalue weighted by molar-refractivity contribution is 9.10. The topological polar surface area (TPSA) is 68.0 Å². The summed E-state index contributed by atoms with van der Waals surface area (Å²) in [6.45, 7) is 0.562. The molecule has 2 aromatic rings. The number of benzene rings is 1. The van der Waals surface area contributed by atoms with E-state index in [9.17, 15) is 4.79 Å². The fraction of sp³-hybridized carbons (Fsp3) is 0.143. The largest absolute Gasteiger partial charge is 0.368 e. The summed E-state index contributed by atoms with van der Waals surface area (Å²) in [5.41, 5.74) is 7.12. The number of aromatic nitrogens is 1. The monoisotopic (exact) mass is 319 g/mol. The molecule has 0 fully saturated rings. The summed E-state index contributed by atoms with van der Waals surface area (Å²) >= 11 is 3.31. The SMILES string of the molecule is NC(=O)C(NCc1ccccc1)c1ccc(Br)cn1. The quantitative estimate of drug-likeness (QED) is 0.887. The van der Waals surface area contributed by atoms with Crippen LogP contribution in [0.3, 0.4) is 0 Å². The number of halogens is 1. The average molecular weight is 320 g/mol. The Hall–Kier alpha value is -1.72. The van der Waals surface area contributed by atoms with Gasteiger partial charge in [0.05, 0.1) is 5.69 Å². The Labute approximate surface area is 120 Å². The van der Waals surface area contributed by atoms with Gasteiger partial charge in [-0.05, 0) is 33.6 Å². The Morgan fingerprint density at radius 1 is 1.26 bits per heavy atom. The number of rotatable bonds is 5. The molecule has 0 saturated carbocycles. The summed E-state index contributed by atoms with van der Waals surface area (Å²) in [6, 6.07) is 12.8. The molecule has 19 heavy (non-hydrogen) atoms. The van der Waals surface area contributed by atoms with Crippen LogP contribution < -0.4 is 11.1 Å². The van der Waals surface area contributed by atoms with Crippen LogP contribution in [-0.2, 0) is 11.3 Å². The second kappa shape index (κ2) is 6.45. The zero-order valence-corrected chi connectivity index (χ0v) is 11.8. The third-order valence-corrected chi connectivity index (χ3v) is 3.15. The second-order valence-corrected chi connectivity index (χ2v) is 5.02. The van der Waals surface area contributed by atoms with Crippen molar-refractivity contribution in [1.29, 1.82) is 0 Å². The summed E-state index contributed by atoms with van der Waals surface area (Å²) in [5.74, 6) is -0.439. The first-order valence-corrected chi connectivity index (χ1v) is 6.64. The molecule has 1 aromatic heterocycles. The van der Waals surface area contributed by atoms with Crippen molar-refractivity contribution < 1.29 is 4.79 Å². The molecule has 0 aliphatic rings. The highest BCUT2D eigenvalue weighted by Crippen LogP contribution is 2.14. The van der Waals surface area contributed by atoms with E-state index in [1.807, 2.05) is 36.4 Å². The highest BCUT2D eigenvalue weighted by atomic mass is 79.9. The van der Waals surface area contributed by atoms with E-state index in [0.29, 0.717) is 12.2 Å². The van der Waals surface area contributed by atoms with Crippen molar-refractivity contribution >= 4 is 21.8 Å². The number of nitrogens with zero attached hydrogens (tertiary/aromatic N) is 1. The first-order valence-electron chi connectivity index (χ1n) is 5.85. The Kier molecular flexibility index (Phi) is 4.65. The molecular formula is C14H14BrN3O. The maximum absolute atomic E-state index is 11.5. The third kappa shape index (κ3) is 3.87. The van der Waals surface area contributed by atoms with Crippen LogP contribution in [-0.4, -0.2) is 10.9 Å². The molecule has 0 saturated heterocycles. The summed E-state index contributed by atoms with van der Waals surface area (Å²) in [4.78, 5) is 15.7. The summed E-state index contributed by atoms with van der Waals surface area (Å²) in [7, 11) is 0. The van der Waals surface area contributed by atoms with E-state index in [4.69, 9.17) is 5.73 Å². The molecule has 4 nitrogen and oxygen atoms in total. The van der Waals surface area contributed by atoms with E-state index in [0.717, 1.165) is 10.0 Å². The Bertz CT molecular complexity index is 542. The van der Waals surface area contributed by atoms with Gasteiger partial charge in [-0.2, -0.15) is 0 Å². The molecule has 3 N–H and O–H groups in total. The van der Waals surface area contributed by atoms with Crippen LogP contribution in [0, 0.1) is 0 Å². The normalized spacial score (nSPS) is 12.1. The fourth-order valence-electron chi connectivity index (χ4n) is 1.72. The number of nitrogens with one attached hydrogen (secondary N) is 1. The molecule has 0 spiro atoms. The molecule has 98 valence electrons. The number of hydrogen-bond acceptors (Lipinski definition) is 3. The van der Waals surface area contributed by atoms with Gasteiger partial charge in [0, 0.05) is 17.2 Å². The standard InChI is InChI=1S/C14H14BrN3O/c15-11-6-7-12(17-9-11)13(14(16)19)18-8-10-4-2-1-3-5-10/h1-7,9,13,18H,8H2,(H2,16,19). The van der Waals surface area contributed by atoms with Gasteiger partial charge in [0.1, 0.15) is 6.04 Å². The number of carbonyl (C=O) groups excluding carboxylic acids is 1. The Balaban J connectivity index is 2.09. The molecule has 0 aliphatic heterocycles. The van der Waals surface area contributed by atoms with Gasteiger partial charge in [0.25, 0.3) is 0 Å². The van der Waals surface area contributed by atoms with Crippen LogP contribution >= 0.6 is 15.9 Å². The average Bonchev–Trinajstić information content (AvgIpc) is 2.42. The first-order chi connectivity index (χ1) is 9.16. The van der Waals surface area contributed by atoms with Gasteiger partial charge in [-0.1, -0.05) is 30.3 Å². The van der Waals surface area contributed by atoms with Gasteiger partial charge in [-0.3, -0.25) is 15.1 Å². The molecule has 0 aliphatic carbocycles. The molecule has 1 heterocycles. The molecule has 0 bridgehead atoms. The maximum Gasteiger partial charge on any atom is 0.240 e. The van der Waals surface area contributed by atoms with E-state index in [-0.39, 0.29) is 0 Å². The van der Waals surface area contributed by atoms with Crippen molar-refractivity contribution in [3.05, 3.63) is 64.4 Å². The lowest BCUT2D eigenvalue weighted by atomic mass is 10.1. The number of hydrogen-bond donors (Lipinski definition) is 2. The molecule has 0 radical (unpaired) electrons. The van der Waals surface area contributed by atoms with Crippen molar-refractivity contribution in [3.8, 4) is 0 Å². The molecule has 2 rings (SSSR count). The highest BCUT2D eigenvalue weighted by Gasteiger charge is 2.18. The van der Waals surface area contributed by atoms with Gasteiger partial charge in [0.15, 0.2) is 0 Å². The van der Waals surface area contributed by atoms with Crippen molar-refractivity contribution in [3.63, 3.8) is 0 Å². The molecule has 1 aromatic carbocycles. The number of pyridine rings is 1. The van der Waals surface area contributed by atoms with Gasteiger partial charge in [-0.15, -0.1) is 0 Å². The number of primary amides is 1. The minimum atomic E-state index is -0.590. The molecule has 1 atom stereocenters. The van der Waals surface area contributed by atoms with Crippen LogP contribution in [0.2, 0.25) is 0 Å². The van der Waals surface area contributed by atoms with E-state index in [2.05, 4.69) is 26.2 Å². The van der Waals surface area contributed by atoms with Crippen molar-refractivity contribution in [2.24, 2.45) is 5.73 Å². The van der Waals surface area contributed by atoms with E-state index < -0.39 is 11.9 Å². The smallest absolute Gasteiger partial charge is 0.240 e. The minimum absolute atomic E-state index is 0.439. The molecule has 5 heteroatoms. The van der Waals surface area contributed by atoms with Gasteiger partial charge < -0.3 is 5.73 Å². The van der Waals surface area contributed by atoms with Gasteiger partial charge in [-0.25, -0.2) is 0 Å². The fourth-order valence-corrected chi connectivity index (χ4v) is 1.96. The van der Waals surface area contributed by atoms with Crippen molar-refractivity contribution in [2.45, 2.75) is 12.6 Å². The lowest BCUT2D eigenvalue weighted by molar-refractivity contribution is -0.120. The minimum Gasteiger partial charge on any atom is -0.368 e. The van der Waals surface area contributed by atoms with Crippen LogP contribution in [0.1, 0.15) is 17.3 Å². The van der Waals surface area contributed by atoms with E-state index in [1.165, 1.54) is 0 Å². The van der Waals surface area contributed by atoms with Gasteiger partial charge in [0.2, 0.25) is 5.91 Å². The predicted octanol–water partition coefficient (Wildman–Crippen LogP) is 2.16. The number of nitrogens with two attached hydrogens (primary N) is 1. The van der Waals surface area contributed by atoms with Gasteiger partial charge >= 0.3 is 0 Å². The summed E-state index contributed by atoms with van der Waals surface area (Å²) in [6.07, 6.45) is 1.65. The van der Waals surface area contributed by atoms with E-state index in [1.54, 1.807) is 12.3 Å². The second-order valence-electron chi connectivity index (χ2n) is 4.10. The Morgan fingerprint density at radius 3 is 2.58 bits per heavy atom. The first kappa shape index (κ1) is 13.7. The molecule has 1 unspecified atom stereocenters. The molecular weight excluding hydrogens is 306 g/mol. The third-order valence-electron chi connectivity index (χ3n) is 2.68. The lowest BCUT2D eigenvalue weighted by Gasteiger charge is -2.15. The van der Waals surface area contributed by atoms with Crippen LogP contribution in [0.4, 0.5) is 0 Å².